The molecule has 0 heterocycles. The molecule has 0 spiro atoms. The van der Waals surface area contributed by atoms with Crippen LogP contribution in [0.1, 0.15) is 25.7 Å². The summed E-state index contributed by atoms with van der Waals surface area (Å²) in [4.78, 5) is 0. The smallest absolute Gasteiger partial charge is 0.112 e. The number of aliphatic hydroxyl groups excluding tert-OH is 1. The van der Waals surface area contributed by atoms with Gasteiger partial charge < -0.3 is 10.8 Å². The monoisotopic (exact) mass is 147 g/mol. The lowest BCUT2D eigenvalue weighted by atomic mass is 9.78. The van der Waals surface area contributed by atoms with Crippen molar-refractivity contribution in [1.82, 2.24) is 0 Å². The molecule has 10 heavy (non-hydrogen) atoms. The number of hydrogen-bond acceptors (Lipinski definition) is 2. The third-order valence-electron chi connectivity index (χ3n) is 2.11. The Morgan fingerprint density at radius 2 is 2.20 bits per heavy atom. The minimum absolute atomic E-state index is 0.105. The van der Waals surface area contributed by atoms with Gasteiger partial charge >= 0.3 is 0 Å². The number of halogens is 1. The molecule has 0 aromatic carbocycles. The van der Waals surface area contributed by atoms with Crippen molar-refractivity contribution >= 4 is 0 Å². The molecule has 1 aliphatic rings. The van der Waals surface area contributed by atoms with E-state index in [1.165, 1.54) is 0 Å². The van der Waals surface area contributed by atoms with Crippen LogP contribution < -0.4 is 5.73 Å². The van der Waals surface area contributed by atoms with E-state index in [4.69, 9.17) is 10.8 Å². The molecule has 1 atom stereocenters. The van der Waals surface area contributed by atoms with Gasteiger partial charge in [0, 0.05) is 6.04 Å². The number of rotatable bonds is 3. The van der Waals surface area contributed by atoms with E-state index in [2.05, 4.69) is 0 Å². The first-order valence-electron chi connectivity index (χ1n) is 3.72. The van der Waals surface area contributed by atoms with Crippen molar-refractivity contribution in [1.29, 1.82) is 0 Å². The molecule has 3 N–H and O–H groups in total. The van der Waals surface area contributed by atoms with Crippen LogP contribution in [-0.2, 0) is 0 Å². The normalized spacial score (nSPS) is 25.5. The van der Waals surface area contributed by atoms with E-state index in [1.54, 1.807) is 0 Å². The molecule has 1 rings (SSSR count). The minimum atomic E-state index is -1.04. The lowest BCUT2D eigenvalue weighted by Crippen LogP contribution is -2.40. The minimum Gasteiger partial charge on any atom is -0.395 e. The molecule has 1 fully saturated rings. The van der Waals surface area contributed by atoms with E-state index in [1.807, 2.05) is 0 Å². The maximum absolute atomic E-state index is 13.2. The van der Waals surface area contributed by atoms with Gasteiger partial charge in [-0.1, -0.05) is 0 Å². The zero-order valence-corrected chi connectivity index (χ0v) is 6.02. The van der Waals surface area contributed by atoms with Crippen molar-refractivity contribution in [3.8, 4) is 0 Å². The summed E-state index contributed by atoms with van der Waals surface area (Å²) >= 11 is 0. The highest BCUT2D eigenvalue weighted by molar-refractivity contribution is 4.90. The molecule has 1 unspecified atom stereocenters. The highest BCUT2D eigenvalue weighted by Crippen LogP contribution is 2.39. The lowest BCUT2D eigenvalue weighted by molar-refractivity contribution is 0.0392. The highest BCUT2D eigenvalue weighted by atomic mass is 19.1. The molecule has 0 amide bonds. The maximum Gasteiger partial charge on any atom is 0.112 e. The van der Waals surface area contributed by atoms with E-state index < -0.39 is 5.67 Å². The van der Waals surface area contributed by atoms with Crippen LogP contribution in [0.4, 0.5) is 4.39 Å². The molecule has 3 heteroatoms. The van der Waals surface area contributed by atoms with Crippen LogP contribution in [0, 0.1) is 0 Å². The zero-order chi connectivity index (χ0) is 7.61. The summed E-state index contributed by atoms with van der Waals surface area (Å²) in [5, 5.41) is 8.53. The Morgan fingerprint density at radius 1 is 1.60 bits per heavy atom. The van der Waals surface area contributed by atoms with Crippen LogP contribution in [0.25, 0.3) is 0 Å². The van der Waals surface area contributed by atoms with Gasteiger partial charge in [-0.15, -0.1) is 0 Å². The number of hydrogen-bond donors (Lipinski definition) is 2. The van der Waals surface area contributed by atoms with Crippen LogP contribution >= 0.6 is 0 Å². The Bertz CT molecular complexity index is 114. The Labute approximate surface area is 60.2 Å². The standard InChI is InChI=1S/C7H14FNO/c8-7(2-1-3-7)4-6(9)5-10/h6,10H,1-5,9H2. The molecular formula is C7H14FNO. The first kappa shape index (κ1) is 7.95. The molecule has 2 nitrogen and oxygen atoms in total. The van der Waals surface area contributed by atoms with Gasteiger partial charge in [0.2, 0.25) is 0 Å². The zero-order valence-electron chi connectivity index (χ0n) is 6.02. The first-order chi connectivity index (χ1) is 4.66. The van der Waals surface area contributed by atoms with Crippen LogP contribution in [0.5, 0.6) is 0 Å². The Kier molecular flexibility index (Phi) is 2.26. The summed E-state index contributed by atoms with van der Waals surface area (Å²) in [6.07, 6.45) is 2.54. The average Bonchev–Trinajstić information content (AvgIpc) is 1.84. The van der Waals surface area contributed by atoms with Gasteiger partial charge in [-0.05, 0) is 25.7 Å². The summed E-state index contributed by atoms with van der Waals surface area (Å²) in [5.41, 5.74) is 4.34. The fraction of sp³-hybridized carbons (Fsp3) is 1.00. The van der Waals surface area contributed by atoms with Crippen molar-refractivity contribution < 1.29 is 9.50 Å². The maximum atomic E-state index is 13.2. The van der Waals surface area contributed by atoms with E-state index in [0.29, 0.717) is 19.3 Å². The second kappa shape index (κ2) is 2.84. The van der Waals surface area contributed by atoms with E-state index in [9.17, 15) is 4.39 Å². The first-order valence-corrected chi connectivity index (χ1v) is 3.72. The summed E-state index contributed by atoms with van der Waals surface area (Å²) in [6, 6.07) is -0.370. The quantitative estimate of drug-likeness (QED) is 0.613. The largest absolute Gasteiger partial charge is 0.395 e. The topological polar surface area (TPSA) is 46.2 Å². The van der Waals surface area contributed by atoms with Crippen molar-refractivity contribution in [3.63, 3.8) is 0 Å². The molecule has 0 aromatic heterocycles. The Morgan fingerprint density at radius 3 is 2.50 bits per heavy atom. The molecule has 0 radical (unpaired) electrons. The third kappa shape index (κ3) is 1.67. The van der Waals surface area contributed by atoms with Gasteiger partial charge in [-0.2, -0.15) is 0 Å². The van der Waals surface area contributed by atoms with Crippen LogP contribution in [-0.4, -0.2) is 23.4 Å². The summed E-state index contributed by atoms with van der Waals surface area (Å²) in [7, 11) is 0. The highest BCUT2D eigenvalue weighted by Gasteiger charge is 2.37. The van der Waals surface area contributed by atoms with E-state index in [-0.39, 0.29) is 12.6 Å². The van der Waals surface area contributed by atoms with Crippen molar-refractivity contribution in [2.24, 2.45) is 5.73 Å². The van der Waals surface area contributed by atoms with E-state index >= 15 is 0 Å². The fourth-order valence-corrected chi connectivity index (χ4v) is 1.30. The van der Waals surface area contributed by atoms with Gasteiger partial charge in [0.25, 0.3) is 0 Å². The van der Waals surface area contributed by atoms with Crippen LogP contribution in [0.2, 0.25) is 0 Å². The molecule has 0 aliphatic heterocycles. The molecule has 0 saturated heterocycles. The summed E-state index contributed by atoms with van der Waals surface area (Å²) in [6.45, 7) is -0.105. The second-order valence-electron chi connectivity index (χ2n) is 3.15. The van der Waals surface area contributed by atoms with Crippen LogP contribution in [0.3, 0.4) is 0 Å². The van der Waals surface area contributed by atoms with E-state index in [0.717, 1.165) is 6.42 Å². The van der Waals surface area contributed by atoms with Crippen molar-refractivity contribution in [2.75, 3.05) is 6.61 Å². The number of alkyl halides is 1. The predicted octanol–water partition coefficient (Wildman–Crippen LogP) is 0.588. The molecule has 1 aliphatic carbocycles. The average molecular weight is 147 g/mol. The third-order valence-corrected chi connectivity index (χ3v) is 2.11. The van der Waals surface area contributed by atoms with Gasteiger partial charge in [0.1, 0.15) is 5.67 Å². The number of nitrogens with two attached hydrogens (primary N) is 1. The van der Waals surface area contributed by atoms with Gasteiger partial charge in [0.15, 0.2) is 0 Å². The van der Waals surface area contributed by atoms with Crippen molar-refractivity contribution in [2.45, 2.75) is 37.4 Å². The van der Waals surface area contributed by atoms with Gasteiger partial charge in [-0.25, -0.2) is 4.39 Å². The molecule has 60 valence electrons. The van der Waals surface area contributed by atoms with Gasteiger partial charge in [-0.3, -0.25) is 0 Å². The molecule has 0 aromatic rings. The molecule has 1 saturated carbocycles. The molecule has 0 bridgehead atoms. The Hall–Kier alpha value is -0.150. The number of aliphatic hydroxyl groups is 1. The SMILES string of the molecule is NC(CO)CC1(F)CCC1. The predicted molar refractivity (Wildman–Crippen MR) is 37.4 cm³/mol. The Balaban J connectivity index is 2.22. The fourth-order valence-electron chi connectivity index (χ4n) is 1.30. The lowest BCUT2D eigenvalue weighted by Gasteiger charge is -2.35. The molecular weight excluding hydrogens is 133 g/mol. The van der Waals surface area contributed by atoms with Crippen molar-refractivity contribution in [3.05, 3.63) is 0 Å². The van der Waals surface area contributed by atoms with Gasteiger partial charge in [0.05, 0.1) is 6.61 Å². The van der Waals surface area contributed by atoms with Crippen LogP contribution in [0.15, 0.2) is 0 Å². The summed E-state index contributed by atoms with van der Waals surface area (Å²) in [5.74, 6) is 0. The summed E-state index contributed by atoms with van der Waals surface area (Å²) < 4.78 is 13.2. The second-order valence-corrected chi connectivity index (χ2v) is 3.15.